The van der Waals surface area contributed by atoms with E-state index in [-0.39, 0.29) is 11.8 Å². The van der Waals surface area contributed by atoms with Crippen molar-refractivity contribution in [2.24, 2.45) is 0 Å². The van der Waals surface area contributed by atoms with Crippen LogP contribution in [0.1, 0.15) is 29.3 Å². The van der Waals surface area contributed by atoms with E-state index in [1.807, 2.05) is 18.2 Å². The minimum absolute atomic E-state index is 0.186. The van der Waals surface area contributed by atoms with Crippen LogP contribution in [0.3, 0.4) is 0 Å². The first-order chi connectivity index (χ1) is 11.6. The van der Waals surface area contributed by atoms with Gasteiger partial charge in [0.1, 0.15) is 5.75 Å². The summed E-state index contributed by atoms with van der Waals surface area (Å²) in [7, 11) is 1.51. The molecule has 0 aromatic heterocycles. The lowest BCUT2D eigenvalue weighted by molar-refractivity contribution is -0.114. The molecule has 2 aromatic rings. The maximum Gasteiger partial charge on any atom is 0.255 e. The SMILES string of the molecule is COc1ccc(NC(C)=O)cc1C(=O)NCCCc1ccccc1. The van der Waals surface area contributed by atoms with E-state index in [0.29, 0.717) is 23.5 Å². The minimum Gasteiger partial charge on any atom is -0.496 e. The third-order valence-electron chi connectivity index (χ3n) is 3.54. The van der Waals surface area contributed by atoms with E-state index < -0.39 is 0 Å². The Morgan fingerprint density at radius 3 is 2.50 bits per heavy atom. The van der Waals surface area contributed by atoms with Crippen molar-refractivity contribution in [2.45, 2.75) is 19.8 Å². The number of aryl methyl sites for hydroxylation is 1. The molecule has 0 aliphatic heterocycles. The topological polar surface area (TPSA) is 67.4 Å². The Balaban J connectivity index is 1.94. The van der Waals surface area contributed by atoms with Crippen LogP contribution in [0.2, 0.25) is 0 Å². The smallest absolute Gasteiger partial charge is 0.255 e. The summed E-state index contributed by atoms with van der Waals surface area (Å²) in [5, 5.41) is 5.56. The van der Waals surface area contributed by atoms with Gasteiger partial charge >= 0.3 is 0 Å². The van der Waals surface area contributed by atoms with Gasteiger partial charge in [0.2, 0.25) is 5.91 Å². The van der Waals surface area contributed by atoms with Crippen LogP contribution in [0.5, 0.6) is 5.75 Å². The summed E-state index contributed by atoms with van der Waals surface area (Å²) >= 11 is 0. The first-order valence-electron chi connectivity index (χ1n) is 7.88. The Morgan fingerprint density at radius 1 is 1.08 bits per heavy atom. The average molecular weight is 326 g/mol. The summed E-state index contributed by atoms with van der Waals surface area (Å²) in [6.07, 6.45) is 1.76. The number of anilines is 1. The second kappa shape index (κ2) is 8.72. The van der Waals surface area contributed by atoms with Gasteiger partial charge in [0.05, 0.1) is 12.7 Å². The lowest BCUT2D eigenvalue weighted by Gasteiger charge is -2.11. The van der Waals surface area contributed by atoms with Crippen LogP contribution < -0.4 is 15.4 Å². The second-order valence-electron chi connectivity index (χ2n) is 5.44. The molecule has 0 aliphatic carbocycles. The summed E-state index contributed by atoms with van der Waals surface area (Å²) in [5.74, 6) is 0.0751. The fourth-order valence-electron chi connectivity index (χ4n) is 2.40. The molecule has 2 aromatic carbocycles. The Kier molecular flexibility index (Phi) is 6.37. The van der Waals surface area contributed by atoms with Gasteiger partial charge in [-0.2, -0.15) is 0 Å². The lowest BCUT2D eigenvalue weighted by Crippen LogP contribution is -2.25. The number of carbonyl (C=O) groups is 2. The predicted octanol–water partition coefficient (Wildman–Crippen LogP) is 3.02. The Morgan fingerprint density at radius 2 is 1.83 bits per heavy atom. The molecule has 5 heteroatoms. The van der Waals surface area contributed by atoms with Crippen molar-refractivity contribution in [3.05, 3.63) is 59.7 Å². The van der Waals surface area contributed by atoms with E-state index in [1.54, 1.807) is 18.2 Å². The van der Waals surface area contributed by atoms with Crippen molar-refractivity contribution in [3.63, 3.8) is 0 Å². The van der Waals surface area contributed by atoms with E-state index in [1.165, 1.54) is 19.6 Å². The molecule has 126 valence electrons. The summed E-state index contributed by atoms with van der Waals surface area (Å²) in [5.41, 5.74) is 2.22. The minimum atomic E-state index is -0.216. The molecule has 0 bridgehead atoms. The highest BCUT2D eigenvalue weighted by Gasteiger charge is 2.13. The van der Waals surface area contributed by atoms with Gasteiger partial charge in [-0.25, -0.2) is 0 Å². The van der Waals surface area contributed by atoms with Crippen molar-refractivity contribution in [3.8, 4) is 5.75 Å². The van der Waals surface area contributed by atoms with E-state index in [0.717, 1.165) is 12.8 Å². The Labute approximate surface area is 142 Å². The fraction of sp³-hybridized carbons (Fsp3) is 0.263. The highest BCUT2D eigenvalue weighted by atomic mass is 16.5. The number of nitrogens with one attached hydrogen (secondary N) is 2. The van der Waals surface area contributed by atoms with Crippen molar-refractivity contribution in [2.75, 3.05) is 19.0 Å². The number of rotatable bonds is 7. The van der Waals surface area contributed by atoms with Gasteiger partial charge in [0.25, 0.3) is 5.91 Å². The summed E-state index contributed by atoms with van der Waals surface area (Å²) in [4.78, 5) is 23.5. The number of amides is 2. The molecule has 0 saturated carbocycles. The van der Waals surface area contributed by atoms with Crippen LogP contribution in [0.25, 0.3) is 0 Å². The van der Waals surface area contributed by atoms with Gasteiger partial charge in [0.15, 0.2) is 0 Å². The molecule has 24 heavy (non-hydrogen) atoms. The van der Waals surface area contributed by atoms with Crippen LogP contribution in [0.15, 0.2) is 48.5 Å². The molecule has 0 aliphatic rings. The lowest BCUT2D eigenvalue weighted by atomic mass is 10.1. The van der Waals surface area contributed by atoms with E-state index >= 15 is 0 Å². The van der Waals surface area contributed by atoms with E-state index in [9.17, 15) is 9.59 Å². The zero-order valence-corrected chi connectivity index (χ0v) is 14.0. The average Bonchev–Trinajstić information content (AvgIpc) is 2.59. The second-order valence-corrected chi connectivity index (χ2v) is 5.44. The standard InChI is InChI=1S/C19H22N2O3/c1-14(22)21-16-10-11-18(24-2)17(13-16)19(23)20-12-6-9-15-7-4-3-5-8-15/h3-5,7-8,10-11,13H,6,9,12H2,1-2H3,(H,20,23)(H,21,22). The number of carbonyl (C=O) groups excluding carboxylic acids is 2. The first kappa shape index (κ1) is 17.5. The highest BCUT2D eigenvalue weighted by Crippen LogP contribution is 2.22. The van der Waals surface area contributed by atoms with Crippen molar-refractivity contribution in [1.29, 1.82) is 0 Å². The van der Waals surface area contributed by atoms with Crippen LogP contribution in [-0.4, -0.2) is 25.5 Å². The zero-order valence-electron chi connectivity index (χ0n) is 14.0. The molecule has 0 unspecified atom stereocenters. The summed E-state index contributed by atoms with van der Waals surface area (Å²) in [6, 6.07) is 15.1. The Hall–Kier alpha value is -2.82. The van der Waals surface area contributed by atoms with Crippen LogP contribution in [0, 0.1) is 0 Å². The highest BCUT2D eigenvalue weighted by molar-refractivity contribution is 5.99. The monoisotopic (exact) mass is 326 g/mol. The number of ether oxygens (including phenoxy) is 1. The van der Waals surface area contributed by atoms with Gasteiger partial charge in [-0.15, -0.1) is 0 Å². The van der Waals surface area contributed by atoms with Crippen molar-refractivity contribution < 1.29 is 14.3 Å². The van der Waals surface area contributed by atoms with Crippen molar-refractivity contribution in [1.82, 2.24) is 5.32 Å². The molecule has 0 fully saturated rings. The molecule has 0 heterocycles. The van der Waals surface area contributed by atoms with Gasteiger partial charge in [-0.05, 0) is 36.6 Å². The summed E-state index contributed by atoms with van der Waals surface area (Å²) < 4.78 is 5.23. The predicted molar refractivity (Wildman–Crippen MR) is 94.4 cm³/mol. The number of methoxy groups -OCH3 is 1. The quantitative estimate of drug-likeness (QED) is 0.769. The van der Waals surface area contributed by atoms with Crippen molar-refractivity contribution >= 4 is 17.5 Å². The third-order valence-corrected chi connectivity index (χ3v) is 3.54. The first-order valence-corrected chi connectivity index (χ1v) is 7.88. The maximum absolute atomic E-state index is 12.4. The van der Waals surface area contributed by atoms with Crippen LogP contribution in [0.4, 0.5) is 5.69 Å². The number of benzene rings is 2. The normalized spacial score (nSPS) is 10.1. The van der Waals surface area contributed by atoms with Gasteiger partial charge in [0, 0.05) is 19.2 Å². The third kappa shape index (κ3) is 5.12. The van der Waals surface area contributed by atoms with Crippen LogP contribution in [-0.2, 0) is 11.2 Å². The fourth-order valence-corrected chi connectivity index (χ4v) is 2.40. The van der Waals surface area contributed by atoms with Gasteiger partial charge in [-0.1, -0.05) is 30.3 Å². The largest absolute Gasteiger partial charge is 0.496 e. The maximum atomic E-state index is 12.4. The van der Waals surface area contributed by atoms with Gasteiger partial charge in [-0.3, -0.25) is 9.59 Å². The molecule has 0 radical (unpaired) electrons. The van der Waals surface area contributed by atoms with E-state index in [4.69, 9.17) is 4.74 Å². The molecule has 2 rings (SSSR count). The zero-order chi connectivity index (χ0) is 17.4. The molecule has 2 N–H and O–H groups in total. The van der Waals surface area contributed by atoms with Crippen LogP contribution >= 0.6 is 0 Å². The molecule has 0 spiro atoms. The number of hydrogen-bond acceptors (Lipinski definition) is 3. The Bertz CT molecular complexity index is 699. The van der Waals surface area contributed by atoms with E-state index in [2.05, 4.69) is 22.8 Å². The molecular formula is C19H22N2O3. The molecule has 0 atom stereocenters. The molecule has 2 amide bonds. The molecule has 0 saturated heterocycles. The summed E-state index contributed by atoms with van der Waals surface area (Å²) in [6.45, 7) is 1.99. The number of hydrogen-bond donors (Lipinski definition) is 2. The molecule has 5 nitrogen and oxygen atoms in total. The van der Waals surface area contributed by atoms with Gasteiger partial charge < -0.3 is 15.4 Å². The molecular weight excluding hydrogens is 304 g/mol.